The van der Waals surface area contributed by atoms with Gasteiger partial charge in [-0.15, -0.1) is 0 Å². The minimum atomic E-state index is -0.283. The van der Waals surface area contributed by atoms with Gasteiger partial charge in [-0.05, 0) is 49.5 Å². The fourth-order valence-electron chi connectivity index (χ4n) is 3.33. The lowest BCUT2D eigenvalue weighted by Gasteiger charge is -2.34. The molecule has 1 aromatic heterocycles. The molecule has 0 aliphatic carbocycles. The van der Waals surface area contributed by atoms with E-state index in [1.807, 2.05) is 54.6 Å². The number of hydrogen-bond donors (Lipinski definition) is 1. The molecule has 0 radical (unpaired) electrons. The molecule has 0 bridgehead atoms. The number of likely N-dealkylation sites (N-methyl/N-ethyl adjacent to an activating group) is 1. The Balaban J connectivity index is 1.36. The summed E-state index contributed by atoms with van der Waals surface area (Å²) < 4.78 is 11.1. The molecule has 29 heavy (non-hydrogen) atoms. The lowest BCUT2D eigenvalue weighted by atomic mass is 10.2. The maximum atomic E-state index is 12.7. The Labute approximate surface area is 170 Å². The number of nitrogens with zero attached hydrogens (tertiary/aromatic N) is 2. The molecule has 1 aliphatic rings. The van der Waals surface area contributed by atoms with Crippen molar-refractivity contribution in [2.75, 3.05) is 43.4 Å². The lowest BCUT2D eigenvalue weighted by Crippen LogP contribution is -2.44. The van der Waals surface area contributed by atoms with Gasteiger partial charge < -0.3 is 24.3 Å². The Hall–Kier alpha value is -3.25. The van der Waals surface area contributed by atoms with Gasteiger partial charge in [-0.3, -0.25) is 4.79 Å². The van der Waals surface area contributed by atoms with Gasteiger partial charge in [-0.25, -0.2) is 0 Å². The van der Waals surface area contributed by atoms with Crippen LogP contribution in [-0.4, -0.2) is 44.0 Å². The van der Waals surface area contributed by atoms with Crippen LogP contribution in [0.3, 0.4) is 0 Å². The monoisotopic (exact) mass is 391 g/mol. The van der Waals surface area contributed by atoms with Gasteiger partial charge >= 0.3 is 0 Å². The van der Waals surface area contributed by atoms with Crippen LogP contribution in [0.2, 0.25) is 0 Å². The van der Waals surface area contributed by atoms with Crippen molar-refractivity contribution in [2.24, 2.45) is 0 Å². The smallest absolute Gasteiger partial charge is 0.291 e. The van der Waals surface area contributed by atoms with E-state index in [-0.39, 0.29) is 18.3 Å². The summed E-state index contributed by atoms with van der Waals surface area (Å²) in [5.74, 6) is 0.734. The second-order valence-electron chi connectivity index (χ2n) is 7.17. The normalized spacial score (nSPS) is 14.6. The average Bonchev–Trinajstić information content (AvgIpc) is 3.23. The van der Waals surface area contributed by atoms with Crippen LogP contribution >= 0.6 is 0 Å². The predicted octanol–water partition coefficient (Wildman–Crippen LogP) is 3.86. The Bertz CT molecular complexity index is 930. The van der Waals surface area contributed by atoms with Crippen LogP contribution < -0.4 is 15.0 Å². The number of nitrogens with one attached hydrogen (secondary N) is 1. The number of ether oxygens (including phenoxy) is 1. The van der Waals surface area contributed by atoms with Crippen LogP contribution in [0, 0.1) is 0 Å². The minimum absolute atomic E-state index is 0.268. The van der Waals surface area contributed by atoms with E-state index in [0.717, 1.165) is 37.6 Å². The fraction of sp³-hybridized carbons (Fsp3) is 0.261. The van der Waals surface area contributed by atoms with Crippen molar-refractivity contribution in [1.29, 1.82) is 0 Å². The summed E-state index contributed by atoms with van der Waals surface area (Å²) in [5.41, 5.74) is 2.62. The van der Waals surface area contributed by atoms with E-state index in [1.165, 1.54) is 12.0 Å². The van der Waals surface area contributed by atoms with Crippen LogP contribution in [-0.2, 0) is 6.61 Å². The van der Waals surface area contributed by atoms with Gasteiger partial charge in [0.05, 0.1) is 6.26 Å². The summed E-state index contributed by atoms with van der Waals surface area (Å²) in [6, 6.07) is 19.2. The van der Waals surface area contributed by atoms with E-state index in [9.17, 15) is 4.79 Å². The first-order chi connectivity index (χ1) is 14.2. The Morgan fingerprint density at radius 3 is 2.45 bits per heavy atom. The van der Waals surface area contributed by atoms with Crippen molar-refractivity contribution in [2.45, 2.75) is 6.61 Å². The average molecular weight is 391 g/mol. The number of furan rings is 1. The number of carbonyl (C=O) groups is 1. The zero-order valence-electron chi connectivity index (χ0n) is 16.5. The number of amides is 1. The summed E-state index contributed by atoms with van der Waals surface area (Å²) >= 11 is 0. The maximum Gasteiger partial charge on any atom is 0.291 e. The second-order valence-corrected chi connectivity index (χ2v) is 7.17. The van der Waals surface area contributed by atoms with Crippen molar-refractivity contribution in [1.82, 2.24) is 4.90 Å². The van der Waals surface area contributed by atoms with Gasteiger partial charge in [0.1, 0.15) is 12.4 Å². The van der Waals surface area contributed by atoms with E-state index in [1.54, 1.807) is 6.07 Å². The van der Waals surface area contributed by atoms with Crippen LogP contribution in [0.5, 0.6) is 5.75 Å². The molecule has 1 fully saturated rings. The number of benzene rings is 2. The number of hydrogen-bond acceptors (Lipinski definition) is 5. The first-order valence-corrected chi connectivity index (χ1v) is 9.78. The van der Waals surface area contributed by atoms with E-state index < -0.39 is 0 Å². The molecule has 150 valence electrons. The van der Waals surface area contributed by atoms with Crippen LogP contribution in [0.1, 0.15) is 16.1 Å². The van der Waals surface area contributed by atoms with Gasteiger partial charge in [0.2, 0.25) is 0 Å². The lowest BCUT2D eigenvalue weighted by molar-refractivity contribution is 0.0993. The van der Waals surface area contributed by atoms with E-state index in [2.05, 4.69) is 22.2 Å². The summed E-state index contributed by atoms with van der Waals surface area (Å²) in [7, 11) is 2.14. The molecular weight excluding hydrogens is 366 g/mol. The zero-order chi connectivity index (χ0) is 20.1. The molecule has 3 aromatic rings. The highest BCUT2D eigenvalue weighted by atomic mass is 16.5. The predicted molar refractivity (Wildman–Crippen MR) is 114 cm³/mol. The SMILES string of the molecule is CN1CCN(c2ccc(NC(=O)c3occc3COc3ccccc3)cc2)CC1. The molecule has 2 heterocycles. The number of rotatable bonds is 6. The van der Waals surface area contributed by atoms with Crippen LogP contribution in [0.25, 0.3) is 0 Å². The summed E-state index contributed by atoms with van der Waals surface area (Å²) in [4.78, 5) is 17.3. The molecule has 0 spiro atoms. The fourth-order valence-corrected chi connectivity index (χ4v) is 3.33. The molecule has 2 aromatic carbocycles. The zero-order valence-corrected chi connectivity index (χ0v) is 16.5. The highest BCUT2D eigenvalue weighted by molar-refractivity contribution is 6.03. The van der Waals surface area contributed by atoms with Crippen molar-refractivity contribution in [3.63, 3.8) is 0 Å². The van der Waals surface area contributed by atoms with Gasteiger partial charge in [0.15, 0.2) is 5.76 Å². The van der Waals surface area contributed by atoms with Gasteiger partial charge in [-0.1, -0.05) is 18.2 Å². The molecule has 6 heteroatoms. The van der Waals surface area contributed by atoms with Crippen molar-refractivity contribution >= 4 is 17.3 Å². The standard InChI is InChI=1S/C23H25N3O3/c1-25-12-14-26(15-13-25)20-9-7-19(8-10-20)24-23(27)22-18(11-16-28-22)17-29-21-5-3-2-4-6-21/h2-11,16H,12-15,17H2,1H3,(H,24,27). The minimum Gasteiger partial charge on any atom is -0.489 e. The third-order valence-electron chi connectivity index (χ3n) is 5.08. The number of para-hydroxylation sites is 1. The van der Waals surface area contributed by atoms with E-state index >= 15 is 0 Å². The molecule has 1 saturated heterocycles. The topological polar surface area (TPSA) is 58.0 Å². The molecule has 1 amide bonds. The Kier molecular flexibility index (Phi) is 5.81. The van der Waals surface area contributed by atoms with Crippen molar-refractivity contribution in [3.05, 3.63) is 78.3 Å². The highest BCUT2D eigenvalue weighted by Gasteiger charge is 2.17. The van der Waals surface area contributed by atoms with Crippen molar-refractivity contribution in [3.8, 4) is 5.75 Å². The third kappa shape index (κ3) is 4.78. The largest absolute Gasteiger partial charge is 0.489 e. The van der Waals surface area contributed by atoms with Gasteiger partial charge in [-0.2, -0.15) is 0 Å². The van der Waals surface area contributed by atoms with E-state index in [4.69, 9.17) is 9.15 Å². The molecular formula is C23H25N3O3. The second kappa shape index (κ2) is 8.84. The van der Waals surface area contributed by atoms with Crippen molar-refractivity contribution < 1.29 is 13.9 Å². The van der Waals surface area contributed by atoms with Crippen LogP contribution in [0.15, 0.2) is 71.3 Å². The Morgan fingerprint density at radius 1 is 1.00 bits per heavy atom. The number of carbonyl (C=O) groups excluding carboxylic acids is 1. The molecule has 0 unspecified atom stereocenters. The highest BCUT2D eigenvalue weighted by Crippen LogP contribution is 2.21. The first kappa shape index (κ1) is 19.1. The molecule has 1 aliphatic heterocycles. The summed E-state index contributed by atoms with van der Waals surface area (Å²) in [5, 5.41) is 2.91. The summed E-state index contributed by atoms with van der Waals surface area (Å²) in [6.45, 7) is 4.42. The van der Waals surface area contributed by atoms with Crippen LogP contribution in [0.4, 0.5) is 11.4 Å². The quantitative estimate of drug-likeness (QED) is 0.691. The molecule has 4 rings (SSSR count). The number of piperazine rings is 1. The molecule has 0 atom stereocenters. The molecule has 1 N–H and O–H groups in total. The molecule has 0 saturated carbocycles. The first-order valence-electron chi connectivity index (χ1n) is 9.78. The molecule has 6 nitrogen and oxygen atoms in total. The van der Waals surface area contributed by atoms with Gasteiger partial charge in [0.25, 0.3) is 5.91 Å². The van der Waals surface area contributed by atoms with E-state index in [0.29, 0.717) is 5.56 Å². The number of anilines is 2. The third-order valence-corrected chi connectivity index (χ3v) is 5.08. The summed E-state index contributed by atoms with van der Waals surface area (Å²) in [6.07, 6.45) is 1.51. The van der Waals surface area contributed by atoms with Gasteiger partial charge in [0, 0.05) is 43.1 Å². The maximum absolute atomic E-state index is 12.7. The Morgan fingerprint density at radius 2 is 1.72 bits per heavy atom.